The summed E-state index contributed by atoms with van der Waals surface area (Å²) >= 11 is 0. The number of halogens is 5. The van der Waals surface area contributed by atoms with Crippen LogP contribution in [0.1, 0.15) is 53.1 Å². The van der Waals surface area contributed by atoms with E-state index in [0.29, 0.717) is 5.56 Å². The summed E-state index contributed by atoms with van der Waals surface area (Å²) < 4.78 is 59.2. The van der Waals surface area contributed by atoms with Gasteiger partial charge in [0, 0.05) is 23.3 Å². The Labute approximate surface area is 151 Å². The maximum atomic E-state index is 14.1. The Morgan fingerprint density at radius 2 is 1.15 bits per heavy atom. The molecule has 0 unspecified atom stereocenters. The van der Waals surface area contributed by atoms with Crippen molar-refractivity contribution in [2.24, 2.45) is 0 Å². The zero-order valence-corrected chi connectivity index (χ0v) is 15.8. The SMILES string of the molecule is CC(C)(C)c1cc(-c2ccccc2F)cc(C(C)(C)C)[o+]1.F[B-](F)(F)F. The molecule has 1 aromatic heterocycles. The van der Waals surface area contributed by atoms with Gasteiger partial charge in [-0.15, -0.1) is 0 Å². The van der Waals surface area contributed by atoms with E-state index in [4.69, 9.17) is 4.42 Å². The van der Waals surface area contributed by atoms with Crippen LogP contribution in [0.2, 0.25) is 0 Å². The van der Waals surface area contributed by atoms with Gasteiger partial charge in [0.25, 0.3) is 0 Å². The third-order valence-corrected chi connectivity index (χ3v) is 3.46. The van der Waals surface area contributed by atoms with Crippen molar-refractivity contribution in [3.8, 4) is 11.1 Å². The summed E-state index contributed by atoms with van der Waals surface area (Å²) in [6.45, 7) is 12.6. The Morgan fingerprint density at radius 1 is 0.769 bits per heavy atom. The molecule has 1 aromatic carbocycles. The quantitative estimate of drug-likeness (QED) is 0.290. The first kappa shape index (κ1) is 22.1. The second kappa shape index (κ2) is 7.76. The van der Waals surface area contributed by atoms with Crippen LogP contribution in [0, 0.1) is 5.82 Å². The zero-order valence-electron chi connectivity index (χ0n) is 15.8. The normalized spacial score (nSPS) is 12.4. The first-order valence-corrected chi connectivity index (χ1v) is 8.20. The summed E-state index contributed by atoms with van der Waals surface area (Å²) in [5, 5.41) is 0. The summed E-state index contributed by atoms with van der Waals surface area (Å²) in [5.41, 5.74) is 1.24. The average molecular weight is 374 g/mol. The molecule has 0 saturated carbocycles. The molecular formula is C19H24BF5O. The first-order valence-electron chi connectivity index (χ1n) is 8.20. The van der Waals surface area contributed by atoms with E-state index < -0.39 is 7.25 Å². The Balaban J connectivity index is 0.000000597. The van der Waals surface area contributed by atoms with Crippen LogP contribution in [0.4, 0.5) is 21.7 Å². The minimum atomic E-state index is -6.00. The molecule has 26 heavy (non-hydrogen) atoms. The van der Waals surface area contributed by atoms with Crippen LogP contribution in [0.25, 0.3) is 11.1 Å². The molecule has 0 atom stereocenters. The summed E-state index contributed by atoms with van der Waals surface area (Å²) in [5.74, 6) is 1.53. The van der Waals surface area contributed by atoms with Gasteiger partial charge in [-0.2, -0.15) is 0 Å². The van der Waals surface area contributed by atoms with Crippen LogP contribution in [-0.4, -0.2) is 7.25 Å². The lowest BCUT2D eigenvalue weighted by Gasteiger charge is -2.15. The van der Waals surface area contributed by atoms with Gasteiger partial charge in [0.15, 0.2) is 0 Å². The number of rotatable bonds is 1. The molecule has 2 rings (SSSR count). The van der Waals surface area contributed by atoms with E-state index in [1.54, 1.807) is 6.07 Å². The minimum Gasteiger partial charge on any atom is -0.418 e. The second-order valence-corrected chi connectivity index (χ2v) is 8.05. The van der Waals surface area contributed by atoms with Crippen molar-refractivity contribution < 1.29 is 26.1 Å². The molecule has 1 heterocycles. The molecule has 0 aliphatic heterocycles. The van der Waals surface area contributed by atoms with Crippen molar-refractivity contribution in [1.82, 2.24) is 0 Å². The van der Waals surface area contributed by atoms with Gasteiger partial charge in [-0.05, 0) is 47.6 Å². The lowest BCUT2D eigenvalue weighted by atomic mass is 9.87. The van der Waals surface area contributed by atoms with Gasteiger partial charge in [0.05, 0.1) is 10.8 Å². The topological polar surface area (TPSA) is 11.3 Å². The Kier molecular flexibility index (Phi) is 6.61. The van der Waals surface area contributed by atoms with Gasteiger partial charge in [0.2, 0.25) is 0 Å². The highest BCUT2D eigenvalue weighted by Gasteiger charge is 2.34. The average Bonchev–Trinajstić information content (AvgIpc) is 2.43. The fourth-order valence-electron chi connectivity index (χ4n) is 2.09. The lowest BCUT2D eigenvalue weighted by molar-refractivity contribution is 0.329. The van der Waals surface area contributed by atoms with Gasteiger partial charge in [-0.1, -0.05) is 18.2 Å². The van der Waals surface area contributed by atoms with E-state index in [9.17, 15) is 21.7 Å². The highest BCUT2D eigenvalue weighted by Crippen LogP contribution is 2.34. The van der Waals surface area contributed by atoms with Crippen molar-refractivity contribution in [2.75, 3.05) is 0 Å². The Morgan fingerprint density at radius 3 is 1.50 bits per heavy atom. The van der Waals surface area contributed by atoms with Crippen LogP contribution in [0.3, 0.4) is 0 Å². The third-order valence-electron chi connectivity index (χ3n) is 3.46. The van der Waals surface area contributed by atoms with Gasteiger partial charge in [-0.25, -0.2) is 8.81 Å². The molecule has 144 valence electrons. The predicted octanol–water partition coefficient (Wildman–Crippen LogP) is 7.26. The maximum absolute atomic E-state index is 14.1. The highest BCUT2D eigenvalue weighted by atomic mass is 19.5. The number of hydrogen-bond acceptors (Lipinski definition) is 0. The predicted molar refractivity (Wildman–Crippen MR) is 96.1 cm³/mol. The molecular weight excluding hydrogens is 350 g/mol. The fraction of sp³-hybridized carbons (Fsp3) is 0.421. The monoisotopic (exact) mass is 374 g/mol. The summed E-state index contributed by atoms with van der Waals surface area (Å²) in [6.07, 6.45) is 0. The molecule has 0 radical (unpaired) electrons. The Bertz CT molecular complexity index is 705. The van der Waals surface area contributed by atoms with Crippen molar-refractivity contribution in [1.29, 1.82) is 0 Å². The van der Waals surface area contributed by atoms with Crippen molar-refractivity contribution >= 4 is 7.25 Å². The summed E-state index contributed by atoms with van der Waals surface area (Å²) in [6, 6.07) is 10.8. The summed E-state index contributed by atoms with van der Waals surface area (Å²) in [7, 11) is -6.00. The van der Waals surface area contributed by atoms with Crippen LogP contribution in [0.15, 0.2) is 40.8 Å². The molecule has 2 aromatic rings. The van der Waals surface area contributed by atoms with Crippen LogP contribution in [-0.2, 0) is 10.8 Å². The molecule has 0 saturated heterocycles. The molecule has 0 N–H and O–H groups in total. The number of hydrogen-bond donors (Lipinski definition) is 0. The van der Waals surface area contributed by atoms with Crippen molar-refractivity contribution in [3.05, 3.63) is 53.7 Å². The number of benzene rings is 1. The lowest BCUT2D eigenvalue weighted by Crippen LogP contribution is -2.16. The van der Waals surface area contributed by atoms with Crippen LogP contribution >= 0.6 is 0 Å². The van der Waals surface area contributed by atoms with E-state index >= 15 is 0 Å². The van der Waals surface area contributed by atoms with Gasteiger partial charge in [0.1, 0.15) is 5.82 Å². The molecule has 0 aliphatic carbocycles. The van der Waals surface area contributed by atoms with E-state index in [1.165, 1.54) is 6.07 Å². The maximum Gasteiger partial charge on any atom is 0.673 e. The molecule has 0 amide bonds. The highest BCUT2D eigenvalue weighted by molar-refractivity contribution is 6.50. The summed E-state index contributed by atoms with van der Waals surface area (Å²) in [4.78, 5) is 0. The Hall–Kier alpha value is -1.92. The fourth-order valence-corrected chi connectivity index (χ4v) is 2.09. The molecule has 1 nitrogen and oxygen atoms in total. The van der Waals surface area contributed by atoms with Crippen molar-refractivity contribution in [3.63, 3.8) is 0 Å². The largest absolute Gasteiger partial charge is 0.673 e. The van der Waals surface area contributed by atoms with Crippen LogP contribution in [0.5, 0.6) is 0 Å². The second-order valence-electron chi connectivity index (χ2n) is 8.05. The van der Waals surface area contributed by atoms with E-state index in [2.05, 4.69) is 41.5 Å². The van der Waals surface area contributed by atoms with Gasteiger partial charge < -0.3 is 17.3 Å². The molecule has 7 heteroatoms. The van der Waals surface area contributed by atoms with E-state index in [1.807, 2.05) is 24.3 Å². The third kappa shape index (κ3) is 7.14. The van der Waals surface area contributed by atoms with Crippen LogP contribution < -0.4 is 0 Å². The van der Waals surface area contributed by atoms with Gasteiger partial charge in [-0.3, -0.25) is 0 Å². The first-order chi connectivity index (χ1) is 11.6. The molecule has 0 fully saturated rings. The van der Waals surface area contributed by atoms with Gasteiger partial charge >= 0.3 is 18.8 Å². The molecule has 0 aliphatic rings. The molecule has 0 spiro atoms. The van der Waals surface area contributed by atoms with Crippen molar-refractivity contribution in [2.45, 2.75) is 52.4 Å². The van der Waals surface area contributed by atoms with E-state index in [0.717, 1.165) is 17.1 Å². The minimum absolute atomic E-state index is 0.124. The standard InChI is InChI=1S/C19H24FO.BF4/c1-18(2,3)16-11-13(12-17(21-16)19(4,5)6)14-9-7-8-10-15(14)20;2-1(3,4)5/h7-12H,1-6H3;/q+1;-1. The van der Waals surface area contributed by atoms with E-state index in [-0.39, 0.29) is 16.6 Å². The molecule has 0 bridgehead atoms. The zero-order chi connectivity index (χ0) is 20.3. The smallest absolute Gasteiger partial charge is 0.418 e.